The highest BCUT2D eigenvalue weighted by molar-refractivity contribution is 9.10. The first-order valence-electron chi connectivity index (χ1n) is 8.11. The molecule has 0 spiro atoms. The van der Waals surface area contributed by atoms with Crippen LogP contribution in [0.5, 0.6) is 0 Å². The van der Waals surface area contributed by atoms with Crippen molar-refractivity contribution in [2.24, 2.45) is 0 Å². The summed E-state index contributed by atoms with van der Waals surface area (Å²) in [5.41, 5.74) is -0.749. The lowest BCUT2D eigenvalue weighted by Crippen LogP contribution is -2.55. The van der Waals surface area contributed by atoms with Gasteiger partial charge in [-0.2, -0.15) is 13.2 Å². The molecule has 1 aliphatic heterocycles. The predicted molar refractivity (Wildman–Crippen MR) is 93.5 cm³/mol. The molecular weight excluding hydrogens is 401 g/mol. The third-order valence-corrected chi connectivity index (χ3v) is 4.54. The third kappa shape index (κ3) is 5.07. The van der Waals surface area contributed by atoms with Crippen molar-refractivity contribution in [2.75, 3.05) is 31.1 Å². The zero-order valence-electron chi connectivity index (χ0n) is 14.4. The van der Waals surface area contributed by atoms with Crippen molar-refractivity contribution in [1.82, 2.24) is 15.2 Å². The molecule has 2 heterocycles. The largest absolute Gasteiger partial charge is 0.419 e. The minimum Gasteiger partial charge on any atom is -0.354 e. The number of alkyl halides is 3. The van der Waals surface area contributed by atoms with Gasteiger partial charge in [-0.15, -0.1) is 0 Å². The van der Waals surface area contributed by atoms with Gasteiger partial charge in [-0.1, -0.05) is 0 Å². The summed E-state index contributed by atoms with van der Waals surface area (Å²) < 4.78 is 40.1. The van der Waals surface area contributed by atoms with Gasteiger partial charge in [0.05, 0.1) is 11.6 Å². The van der Waals surface area contributed by atoms with Crippen LogP contribution >= 0.6 is 15.9 Å². The maximum atomic E-state index is 13.3. The average molecular weight is 423 g/mol. The van der Waals surface area contributed by atoms with Crippen LogP contribution in [0.1, 0.15) is 26.3 Å². The van der Waals surface area contributed by atoms with Crippen molar-refractivity contribution in [1.29, 1.82) is 0 Å². The van der Waals surface area contributed by atoms with E-state index in [1.807, 2.05) is 25.7 Å². The van der Waals surface area contributed by atoms with Crippen molar-refractivity contribution < 1.29 is 18.0 Å². The topological polar surface area (TPSA) is 48.5 Å². The van der Waals surface area contributed by atoms with Crippen molar-refractivity contribution in [3.63, 3.8) is 0 Å². The Bertz CT molecular complexity index is 616. The van der Waals surface area contributed by atoms with E-state index < -0.39 is 11.7 Å². The van der Waals surface area contributed by atoms with Gasteiger partial charge in [0.2, 0.25) is 5.91 Å². The first-order chi connectivity index (χ1) is 11.6. The van der Waals surface area contributed by atoms with Crippen LogP contribution in [-0.2, 0) is 11.0 Å². The van der Waals surface area contributed by atoms with Crippen LogP contribution in [0.2, 0.25) is 0 Å². The molecule has 1 amide bonds. The zero-order valence-corrected chi connectivity index (χ0v) is 16.0. The molecule has 0 bridgehead atoms. The van der Waals surface area contributed by atoms with Gasteiger partial charge >= 0.3 is 6.18 Å². The second-order valence-corrected chi connectivity index (χ2v) is 7.30. The Morgan fingerprint density at radius 2 is 1.84 bits per heavy atom. The molecule has 0 aliphatic carbocycles. The number of carbonyl (C=O) groups excluding carboxylic acids is 1. The molecule has 1 unspecified atom stereocenters. The second kappa shape index (κ2) is 7.90. The maximum Gasteiger partial charge on any atom is 0.419 e. The van der Waals surface area contributed by atoms with E-state index in [2.05, 4.69) is 26.2 Å². The summed E-state index contributed by atoms with van der Waals surface area (Å²) in [6, 6.07) is 0.787. The standard InChI is InChI=1S/C16H22BrF3N4O/c1-10(2)22-15(25)11(3)23-4-6-24(7-5-23)14-13(16(18,19)20)8-12(17)9-21-14/h8-11H,4-7H2,1-3H3,(H,22,25). The lowest BCUT2D eigenvalue weighted by molar-refractivity contribution is -0.137. The van der Waals surface area contributed by atoms with E-state index in [4.69, 9.17) is 0 Å². The van der Waals surface area contributed by atoms with Gasteiger partial charge in [0.25, 0.3) is 0 Å². The number of hydrogen-bond acceptors (Lipinski definition) is 4. The van der Waals surface area contributed by atoms with Crippen molar-refractivity contribution >= 4 is 27.7 Å². The normalized spacial score (nSPS) is 17.7. The van der Waals surface area contributed by atoms with Gasteiger partial charge in [0, 0.05) is 42.9 Å². The molecule has 1 aliphatic rings. The maximum absolute atomic E-state index is 13.3. The summed E-state index contributed by atoms with van der Waals surface area (Å²) in [7, 11) is 0. The molecule has 0 radical (unpaired) electrons. The quantitative estimate of drug-likeness (QED) is 0.810. The summed E-state index contributed by atoms with van der Waals surface area (Å²) in [4.78, 5) is 19.7. The molecule has 0 aromatic carbocycles. The Morgan fingerprint density at radius 1 is 1.24 bits per heavy atom. The molecule has 1 N–H and O–H groups in total. The third-order valence-electron chi connectivity index (χ3n) is 4.11. The van der Waals surface area contributed by atoms with Crippen LogP contribution in [0.25, 0.3) is 0 Å². The summed E-state index contributed by atoms with van der Waals surface area (Å²) in [5.74, 6) is -0.129. The van der Waals surface area contributed by atoms with Crippen molar-refractivity contribution in [2.45, 2.75) is 39.0 Å². The van der Waals surface area contributed by atoms with Crippen LogP contribution in [-0.4, -0.2) is 54.1 Å². The van der Waals surface area contributed by atoms with Crippen LogP contribution in [0.4, 0.5) is 19.0 Å². The number of halogens is 4. The van der Waals surface area contributed by atoms with E-state index >= 15 is 0 Å². The fourth-order valence-corrected chi connectivity index (χ4v) is 3.12. The summed E-state index contributed by atoms with van der Waals surface area (Å²) in [6.45, 7) is 7.37. The van der Waals surface area contributed by atoms with Gasteiger partial charge in [-0.05, 0) is 42.8 Å². The van der Waals surface area contributed by atoms with Crippen molar-refractivity contribution in [3.8, 4) is 0 Å². The molecule has 1 fully saturated rings. The van der Waals surface area contributed by atoms with Crippen LogP contribution in [0.15, 0.2) is 16.7 Å². The van der Waals surface area contributed by atoms with Crippen LogP contribution < -0.4 is 10.2 Å². The summed E-state index contributed by atoms with van der Waals surface area (Å²) in [6.07, 6.45) is -3.09. The molecule has 2 rings (SSSR count). The Hall–Kier alpha value is -1.35. The van der Waals surface area contributed by atoms with Crippen LogP contribution in [0.3, 0.4) is 0 Å². The number of aromatic nitrogens is 1. The molecule has 9 heteroatoms. The smallest absolute Gasteiger partial charge is 0.354 e. The molecular formula is C16H22BrF3N4O. The fraction of sp³-hybridized carbons (Fsp3) is 0.625. The highest BCUT2D eigenvalue weighted by Crippen LogP contribution is 2.37. The van der Waals surface area contributed by atoms with E-state index in [0.29, 0.717) is 30.7 Å². The fourth-order valence-electron chi connectivity index (χ4n) is 2.78. The average Bonchev–Trinajstić information content (AvgIpc) is 2.53. The number of nitrogens with one attached hydrogen (secondary N) is 1. The lowest BCUT2D eigenvalue weighted by Gasteiger charge is -2.38. The van der Waals surface area contributed by atoms with E-state index in [-0.39, 0.29) is 23.8 Å². The zero-order chi connectivity index (χ0) is 18.8. The summed E-state index contributed by atoms with van der Waals surface area (Å²) in [5, 5.41) is 2.86. The van der Waals surface area contributed by atoms with Gasteiger partial charge in [0.1, 0.15) is 5.82 Å². The Morgan fingerprint density at radius 3 is 2.36 bits per heavy atom. The number of amides is 1. The highest BCUT2D eigenvalue weighted by atomic mass is 79.9. The van der Waals surface area contributed by atoms with Gasteiger partial charge in [0.15, 0.2) is 0 Å². The van der Waals surface area contributed by atoms with Crippen molar-refractivity contribution in [3.05, 3.63) is 22.3 Å². The monoisotopic (exact) mass is 422 g/mol. The van der Waals surface area contributed by atoms with E-state index in [0.717, 1.165) is 6.07 Å². The number of hydrogen-bond donors (Lipinski definition) is 1. The van der Waals surface area contributed by atoms with Gasteiger partial charge in [-0.25, -0.2) is 4.98 Å². The number of anilines is 1. The summed E-state index contributed by atoms with van der Waals surface area (Å²) >= 11 is 3.04. The number of piperazine rings is 1. The van der Waals surface area contributed by atoms with Gasteiger partial charge < -0.3 is 10.2 Å². The number of carbonyl (C=O) groups is 1. The highest BCUT2D eigenvalue weighted by Gasteiger charge is 2.37. The molecule has 0 saturated carbocycles. The minimum atomic E-state index is -4.46. The van der Waals surface area contributed by atoms with E-state index in [9.17, 15) is 18.0 Å². The SMILES string of the molecule is CC(C)NC(=O)C(C)N1CCN(c2ncc(Br)cc2C(F)(F)F)CC1. The molecule has 1 aromatic rings. The first kappa shape index (κ1) is 20.0. The molecule has 25 heavy (non-hydrogen) atoms. The van der Waals surface area contributed by atoms with E-state index in [1.54, 1.807) is 4.90 Å². The Kier molecular flexibility index (Phi) is 6.31. The van der Waals surface area contributed by atoms with E-state index in [1.165, 1.54) is 6.20 Å². The predicted octanol–water partition coefficient (Wildman–Crippen LogP) is 2.90. The first-order valence-corrected chi connectivity index (χ1v) is 8.91. The van der Waals surface area contributed by atoms with Crippen LogP contribution in [0, 0.1) is 0 Å². The number of pyridine rings is 1. The minimum absolute atomic E-state index is 0.0533. The molecule has 5 nitrogen and oxygen atoms in total. The Balaban J connectivity index is 2.07. The lowest BCUT2D eigenvalue weighted by atomic mass is 10.1. The molecule has 1 atom stereocenters. The Labute approximate surface area is 153 Å². The second-order valence-electron chi connectivity index (χ2n) is 6.38. The molecule has 1 saturated heterocycles. The molecule has 1 aromatic heterocycles. The van der Waals surface area contributed by atoms with Gasteiger partial charge in [-0.3, -0.25) is 9.69 Å². The molecule has 140 valence electrons. The number of nitrogens with zero attached hydrogens (tertiary/aromatic N) is 3. The number of rotatable bonds is 4.